The Hall–Kier alpha value is -2.06. The van der Waals surface area contributed by atoms with Crippen molar-refractivity contribution in [2.45, 2.75) is 81.8 Å². The van der Waals surface area contributed by atoms with Crippen molar-refractivity contribution in [3.8, 4) is 22.4 Å². The van der Waals surface area contributed by atoms with Crippen LogP contribution in [0.4, 0.5) is 0 Å². The Bertz CT molecular complexity index is 1310. The van der Waals surface area contributed by atoms with Crippen LogP contribution < -0.4 is 10.8 Å². The van der Waals surface area contributed by atoms with Crippen LogP contribution in [0.25, 0.3) is 22.4 Å². The molecule has 3 fully saturated rings. The molecule has 1 aromatic heterocycles. The molecule has 3 heterocycles. The van der Waals surface area contributed by atoms with Crippen molar-refractivity contribution in [1.29, 1.82) is 0 Å². The fourth-order valence-corrected chi connectivity index (χ4v) is 7.68. The van der Waals surface area contributed by atoms with E-state index in [1.54, 1.807) is 5.56 Å². The number of nitrogens with one attached hydrogen (secondary N) is 2. The van der Waals surface area contributed by atoms with Gasteiger partial charge in [-0.05, 0) is 98.5 Å². The molecule has 5 nitrogen and oxygen atoms in total. The molecule has 2 N–H and O–H groups in total. The summed E-state index contributed by atoms with van der Waals surface area (Å²) in [7, 11) is -0.295. The molecule has 2 bridgehead atoms. The quantitative estimate of drug-likeness (QED) is 0.411. The van der Waals surface area contributed by atoms with Gasteiger partial charge in [0, 0.05) is 12.3 Å². The van der Waals surface area contributed by atoms with E-state index in [1.807, 2.05) is 18.0 Å². The molecule has 5 aliphatic rings. The molecule has 0 amide bonds. The van der Waals surface area contributed by atoms with Gasteiger partial charge in [-0.3, -0.25) is 5.32 Å². The van der Waals surface area contributed by atoms with Crippen LogP contribution in [0.3, 0.4) is 0 Å². The minimum absolute atomic E-state index is 0.275. The number of nitrogens with zero attached hydrogens (tertiary/aromatic N) is 1. The van der Waals surface area contributed by atoms with Crippen molar-refractivity contribution in [3.63, 3.8) is 0 Å². The van der Waals surface area contributed by atoms with Crippen LogP contribution in [0.15, 0.2) is 42.6 Å². The Morgan fingerprint density at radius 3 is 2.16 bits per heavy atom. The van der Waals surface area contributed by atoms with Gasteiger partial charge in [0.15, 0.2) is 0 Å². The van der Waals surface area contributed by atoms with Gasteiger partial charge in [0.05, 0.1) is 23.1 Å². The summed E-state index contributed by atoms with van der Waals surface area (Å²) < 4.78 is 13.1. The predicted octanol–water partition coefficient (Wildman–Crippen LogP) is 6.13. The topological polar surface area (TPSA) is 59.2 Å². The third-order valence-corrected chi connectivity index (χ3v) is 10.6. The van der Waals surface area contributed by atoms with Gasteiger partial charge in [-0.15, -0.1) is 11.8 Å². The lowest BCUT2D eigenvalue weighted by molar-refractivity contribution is 0.00578. The van der Waals surface area contributed by atoms with E-state index in [2.05, 4.69) is 79.4 Å². The number of aromatic nitrogens is 2. The minimum atomic E-state index is -0.328. The highest BCUT2D eigenvalue weighted by Gasteiger charge is 2.53. The molecule has 3 aromatic rings. The van der Waals surface area contributed by atoms with Gasteiger partial charge in [-0.2, -0.15) is 0 Å². The second kappa shape index (κ2) is 8.73. The van der Waals surface area contributed by atoms with E-state index in [1.165, 1.54) is 53.4 Å². The SMILES string of the molecule is CC1(C)OB(c2ccc(-c3ccc(-c4cnc(C5NCCS5)[nH]4)cc3)c3c2C2CCC3CC2)OC1(C)C. The Kier molecular flexibility index (Phi) is 5.67. The fourth-order valence-electron chi connectivity index (χ4n) is 6.69. The van der Waals surface area contributed by atoms with Crippen LogP contribution in [0.2, 0.25) is 0 Å². The smallest absolute Gasteiger partial charge is 0.399 e. The van der Waals surface area contributed by atoms with Gasteiger partial charge >= 0.3 is 7.12 Å². The maximum atomic E-state index is 6.54. The zero-order valence-electron chi connectivity index (χ0n) is 22.3. The molecule has 7 heteroatoms. The summed E-state index contributed by atoms with van der Waals surface area (Å²) in [4.78, 5) is 8.18. The summed E-state index contributed by atoms with van der Waals surface area (Å²) >= 11 is 1.91. The van der Waals surface area contributed by atoms with Gasteiger partial charge in [0.25, 0.3) is 0 Å². The molecule has 2 saturated heterocycles. The fraction of sp³-hybridized carbons (Fsp3) is 0.500. The molecule has 192 valence electrons. The van der Waals surface area contributed by atoms with Gasteiger partial charge in [-0.1, -0.05) is 36.4 Å². The molecule has 8 rings (SSSR count). The lowest BCUT2D eigenvalue weighted by Gasteiger charge is -2.41. The largest absolute Gasteiger partial charge is 0.495 e. The zero-order chi connectivity index (χ0) is 25.4. The molecular formula is C30H36BN3O2S. The Morgan fingerprint density at radius 1 is 0.865 bits per heavy atom. The van der Waals surface area contributed by atoms with Gasteiger partial charge in [-0.25, -0.2) is 4.98 Å². The lowest BCUT2D eigenvalue weighted by Crippen LogP contribution is -2.41. The molecule has 2 aliphatic heterocycles. The number of H-pyrrole nitrogens is 1. The first kappa shape index (κ1) is 24.0. The molecule has 2 aromatic carbocycles. The summed E-state index contributed by atoms with van der Waals surface area (Å²) in [5.74, 6) is 3.39. The first-order valence-electron chi connectivity index (χ1n) is 13.8. The third kappa shape index (κ3) is 3.92. The van der Waals surface area contributed by atoms with Crippen LogP contribution in [0.5, 0.6) is 0 Å². The summed E-state index contributed by atoms with van der Waals surface area (Å²) in [6.45, 7) is 9.63. The molecule has 3 aliphatic carbocycles. The van der Waals surface area contributed by atoms with Crippen LogP contribution in [-0.4, -0.2) is 40.6 Å². The monoisotopic (exact) mass is 513 g/mol. The average molecular weight is 514 g/mol. The van der Waals surface area contributed by atoms with Crippen molar-refractivity contribution >= 4 is 24.3 Å². The van der Waals surface area contributed by atoms with E-state index in [4.69, 9.17) is 9.31 Å². The third-order valence-electron chi connectivity index (χ3n) is 9.44. The number of imidazole rings is 1. The Labute approximate surface area is 224 Å². The summed E-state index contributed by atoms with van der Waals surface area (Å²) in [6, 6.07) is 13.6. The summed E-state index contributed by atoms with van der Waals surface area (Å²) in [5.41, 5.74) is 8.60. The van der Waals surface area contributed by atoms with Gasteiger partial charge in [0.2, 0.25) is 0 Å². The number of fused-ring (bicyclic) bond motifs is 2. The highest BCUT2D eigenvalue weighted by atomic mass is 32.2. The van der Waals surface area contributed by atoms with E-state index >= 15 is 0 Å². The standard InChI is InChI=1S/C30H36BN3O2S/c1-29(2)30(3,4)36-31(35-29)23-14-13-22(25-20-9-11-21(12-10-20)26(23)25)18-5-7-19(8-6-18)24-17-33-27(34-24)28-32-15-16-37-28/h5-8,13-14,17,20-21,28,32H,9-12,15-16H2,1-4H3,(H,33,34). The van der Waals surface area contributed by atoms with Crippen LogP contribution in [-0.2, 0) is 9.31 Å². The number of benzene rings is 2. The number of rotatable bonds is 4. The first-order chi connectivity index (χ1) is 17.8. The van der Waals surface area contributed by atoms with E-state index in [-0.39, 0.29) is 23.7 Å². The maximum absolute atomic E-state index is 6.54. The molecular weight excluding hydrogens is 477 g/mol. The van der Waals surface area contributed by atoms with Crippen LogP contribution in [0.1, 0.15) is 87.5 Å². The average Bonchev–Trinajstić information content (AvgIpc) is 3.64. The maximum Gasteiger partial charge on any atom is 0.495 e. The molecule has 1 saturated carbocycles. The number of hydrogen-bond acceptors (Lipinski definition) is 5. The van der Waals surface area contributed by atoms with Crippen molar-refractivity contribution in [2.24, 2.45) is 0 Å². The molecule has 1 atom stereocenters. The Balaban J connectivity index is 1.24. The molecule has 37 heavy (non-hydrogen) atoms. The minimum Gasteiger partial charge on any atom is -0.399 e. The molecule has 0 radical (unpaired) electrons. The van der Waals surface area contributed by atoms with E-state index in [0.29, 0.717) is 11.8 Å². The summed E-state index contributed by atoms with van der Waals surface area (Å²) in [6.07, 6.45) is 7.11. The van der Waals surface area contributed by atoms with Gasteiger partial charge < -0.3 is 14.3 Å². The second-order valence-corrected chi connectivity index (χ2v) is 13.3. The first-order valence-corrected chi connectivity index (χ1v) is 14.9. The predicted molar refractivity (Wildman–Crippen MR) is 152 cm³/mol. The van der Waals surface area contributed by atoms with Crippen LogP contribution in [0, 0.1) is 0 Å². The van der Waals surface area contributed by atoms with E-state index in [9.17, 15) is 0 Å². The second-order valence-electron chi connectivity index (χ2n) is 12.1. The lowest BCUT2D eigenvalue weighted by atomic mass is 9.59. The van der Waals surface area contributed by atoms with Crippen molar-refractivity contribution in [3.05, 3.63) is 59.5 Å². The molecule has 1 unspecified atom stereocenters. The van der Waals surface area contributed by atoms with Gasteiger partial charge in [0.1, 0.15) is 11.2 Å². The van der Waals surface area contributed by atoms with Crippen molar-refractivity contribution in [1.82, 2.24) is 15.3 Å². The number of thioether (sulfide) groups is 1. The van der Waals surface area contributed by atoms with E-state index in [0.717, 1.165) is 23.8 Å². The molecule has 0 spiro atoms. The normalized spacial score (nSPS) is 27.6. The van der Waals surface area contributed by atoms with Crippen LogP contribution >= 0.6 is 11.8 Å². The highest BCUT2D eigenvalue weighted by molar-refractivity contribution is 7.99. The van der Waals surface area contributed by atoms with Crippen molar-refractivity contribution in [2.75, 3.05) is 12.3 Å². The zero-order valence-corrected chi connectivity index (χ0v) is 23.1. The van der Waals surface area contributed by atoms with Crippen molar-refractivity contribution < 1.29 is 9.31 Å². The summed E-state index contributed by atoms with van der Waals surface area (Å²) in [5, 5.41) is 3.77. The highest BCUT2D eigenvalue weighted by Crippen LogP contribution is 2.52. The Morgan fingerprint density at radius 2 is 1.51 bits per heavy atom. The van der Waals surface area contributed by atoms with E-state index < -0.39 is 0 Å². The number of aromatic amines is 1. The number of hydrogen-bond donors (Lipinski definition) is 2.